The highest BCUT2D eigenvalue weighted by Crippen LogP contribution is 2.28. The maximum atomic E-state index is 12.6. The summed E-state index contributed by atoms with van der Waals surface area (Å²) in [6, 6.07) is 12.1. The number of nitrogens with one attached hydrogen (secondary N) is 2. The summed E-state index contributed by atoms with van der Waals surface area (Å²) >= 11 is 6.20. The van der Waals surface area contributed by atoms with Gasteiger partial charge in [-0.2, -0.15) is 5.10 Å². The molecule has 1 aromatic heterocycles. The molecular weight excluding hydrogens is 392 g/mol. The SMILES string of the molecule is COc1ccc(NC(=O)c2ccc(-n3nc(C)c(Cl)c3C)cc2)cc1NC(C)=O. The van der Waals surface area contributed by atoms with Gasteiger partial charge in [0.25, 0.3) is 5.91 Å². The first-order valence-corrected chi connectivity index (χ1v) is 9.27. The van der Waals surface area contributed by atoms with Crippen LogP contribution in [-0.4, -0.2) is 28.7 Å². The first kappa shape index (κ1) is 20.4. The molecular formula is C21H21ClN4O3. The fourth-order valence-electron chi connectivity index (χ4n) is 2.91. The van der Waals surface area contributed by atoms with E-state index in [1.54, 1.807) is 47.1 Å². The van der Waals surface area contributed by atoms with E-state index in [1.807, 2.05) is 13.8 Å². The number of amides is 2. The molecule has 2 amide bonds. The number of ether oxygens (including phenoxy) is 1. The molecule has 150 valence electrons. The standard InChI is InChI=1S/C21H21ClN4O3/c1-12-20(22)13(2)26(25-12)17-8-5-15(6-9-17)21(28)24-16-7-10-19(29-4)18(11-16)23-14(3)27/h5-11H,1-4H3,(H,23,27)(H,24,28). The van der Waals surface area contributed by atoms with Gasteiger partial charge in [-0.3, -0.25) is 9.59 Å². The molecule has 7 nitrogen and oxygen atoms in total. The molecule has 2 N–H and O–H groups in total. The molecule has 3 rings (SSSR count). The fourth-order valence-corrected chi connectivity index (χ4v) is 3.02. The highest BCUT2D eigenvalue weighted by atomic mass is 35.5. The average Bonchev–Trinajstić information content (AvgIpc) is 2.95. The molecule has 0 fully saturated rings. The molecule has 0 aliphatic carbocycles. The molecule has 2 aromatic carbocycles. The van der Waals surface area contributed by atoms with Crippen molar-refractivity contribution in [1.29, 1.82) is 0 Å². The Morgan fingerprint density at radius 2 is 1.76 bits per heavy atom. The Balaban J connectivity index is 1.79. The van der Waals surface area contributed by atoms with Gasteiger partial charge in [-0.1, -0.05) is 11.6 Å². The Bertz CT molecular complexity index is 1070. The van der Waals surface area contributed by atoms with Crippen molar-refractivity contribution in [3.8, 4) is 11.4 Å². The lowest BCUT2D eigenvalue weighted by atomic mass is 10.1. The summed E-state index contributed by atoms with van der Waals surface area (Å²) in [6.45, 7) is 5.14. The van der Waals surface area contributed by atoms with Crippen LogP contribution in [0.3, 0.4) is 0 Å². The van der Waals surface area contributed by atoms with E-state index in [0.29, 0.717) is 27.7 Å². The number of carbonyl (C=O) groups excluding carboxylic acids is 2. The van der Waals surface area contributed by atoms with Crippen LogP contribution in [0.5, 0.6) is 5.75 Å². The van der Waals surface area contributed by atoms with Crippen LogP contribution in [0.4, 0.5) is 11.4 Å². The Hall–Kier alpha value is -3.32. The molecule has 3 aromatic rings. The van der Waals surface area contributed by atoms with E-state index in [9.17, 15) is 9.59 Å². The first-order chi connectivity index (χ1) is 13.8. The summed E-state index contributed by atoms with van der Waals surface area (Å²) in [5.74, 6) is -0.000360. The average molecular weight is 413 g/mol. The lowest BCUT2D eigenvalue weighted by Gasteiger charge is -2.12. The van der Waals surface area contributed by atoms with Crippen molar-refractivity contribution < 1.29 is 14.3 Å². The van der Waals surface area contributed by atoms with Crippen LogP contribution in [0.25, 0.3) is 5.69 Å². The van der Waals surface area contributed by atoms with Gasteiger partial charge in [-0.05, 0) is 56.3 Å². The van der Waals surface area contributed by atoms with Crippen LogP contribution < -0.4 is 15.4 Å². The number of halogens is 1. The molecule has 29 heavy (non-hydrogen) atoms. The van der Waals surface area contributed by atoms with Crippen LogP contribution >= 0.6 is 11.6 Å². The van der Waals surface area contributed by atoms with Gasteiger partial charge < -0.3 is 15.4 Å². The highest BCUT2D eigenvalue weighted by molar-refractivity contribution is 6.31. The quantitative estimate of drug-likeness (QED) is 0.651. The fraction of sp³-hybridized carbons (Fsp3) is 0.190. The number of benzene rings is 2. The van der Waals surface area contributed by atoms with Crippen LogP contribution in [0, 0.1) is 13.8 Å². The zero-order valence-electron chi connectivity index (χ0n) is 16.5. The third-order valence-corrected chi connectivity index (χ3v) is 4.89. The Kier molecular flexibility index (Phi) is 5.89. The predicted octanol–water partition coefficient (Wildman–Crippen LogP) is 4.36. The largest absolute Gasteiger partial charge is 0.495 e. The van der Waals surface area contributed by atoms with Gasteiger partial charge in [-0.15, -0.1) is 0 Å². The number of aryl methyl sites for hydroxylation is 1. The second kappa shape index (κ2) is 8.36. The van der Waals surface area contributed by atoms with E-state index in [1.165, 1.54) is 14.0 Å². The number of anilines is 2. The van der Waals surface area contributed by atoms with E-state index in [0.717, 1.165) is 17.1 Å². The van der Waals surface area contributed by atoms with Crippen LogP contribution in [0.1, 0.15) is 28.7 Å². The third kappa shape index (κ3) is 4.41. The van der Waals surface area contributed by atoms with Crippen molar-refractivity contribution >= 4 is 34.8 Å². The molecule has 8 heteroatoms. The minimum atomic E-state index is -0.276. The summed E-state index contributed by atoms with van der Waals surface area (Å²) in [5, 5.41) is 10.5. The molecule has 0 atom stereocenters. The molecule has 0 saturated carbocycles. The zero-order chi connectivity index (χ0) is 21.1. The van der Waals surface area contributed by atoms with Gasteiger partial charge >= 0.3 is 0 Å². The van der Waals surface area contributed by atoms with Gasteiger partial charge in [0, 0.05) is 18.2 Å². The van der Waals surface area contributed by atoms with Gasteiger partial charge in [0.1, 0.15) is 5.75 Å². The highest BCUT2D eigenvalue weighted by Gasteiger charge is 2.13. The van der Waals surface area contributed by atoms with E-state index in [-0.39, 0.29) is 11.8 Å². The summed E-state index contributed by atoms with van der Waals surface area (Å²) in [6.07, 6.45) is 0. The molecule has 0 aliphatic rings. The van der Waals surface area contributed by atoms with Crippen molar-refractivity contribution in [3.05, 3.63) is 64.4 Å². The van der Waals surface area contributed by atoms with E-state index in [2.05, 4.69) is 15.7 Å². The molecule has 0 bridgehead atoms. The second-order valence-corrected chi connectivity index (χ2v) is 6.87. The third-order valence-electron chi connectivity index (χ3n) is 4.35. The molecule has 0 saturated heterocycles. The van der Waals surface area contributed by atoms with Gasteiger partial charge in [0.2, 0.25) is 5.91 Å². The maximum absolute atomic E-state index is 12.6. The molecule has 0 spiro atoms. The Labute approximate surface area is 173 Å². The van der Waals surface area contributed by atoms with E-state index >= 15 is 0 Å². The smallest absolute Gasteiger partial charge is 0.255 e. The lowest BCUT2D eigenvalue weighted by Crippen LogP contribution is -2.13. The Morgan fingerprint density at radius 1 is 1.07 bits per heavy atom. The molecule has 0 unspecified atom stereocenters. The number of carbonyl (C=O) groups is 2. The number of methoxy groups -OCH3 is 1. The van der Waals surface area contributed by atoms with E-state index < -0.39 is 0 Å². The maximum Gasteiger partial charge on any atom is 0.255 e. The first-order valence-electron chi connectivity index (χ1n) is 8.89. The number of nitrogens with zero attached hydrogens (tertiary/aromatic N) is 2. The van der Waals surface area contributed by atoms with Gasteiger partial charge in [0.05, 0.1) is 34.9 Å². The van der Waals surface area contributed by atoms with Crippen LogP contribution in [0.15, 0.2) is 42.5 Å². The van der Waals surface area contributed by atoms with Gasteiger partial charge in [-0.25, -0.2) is 4.68 Å². The van der Waals surface area contributed by atoms with Crippen molar-refractivity contribution in [2.75, 3.05) is 17.7 Å². The molecule has 0 aliphatic heterocycles. The van der Waals surface area contributed by atoms with Crippen molar-refractivity contribution in [1.82, 2.24) is 9.78 Å². The lowest BCUT2D eigenvalue weighted by molar-refractivity contribution is -0.114. The number of aromatic nitrogens is 2. The minimum Gasteiger partial charge on any atom is -0.495 e. The summed E-state index contributed by atoms with van der Waals surface area (Å²) in [4.78, 5) is 24.0. The van der Waals surface area contributed by atoms with Crippen molar-refractivity contribution in [2.45, 2.75) is 20.8 Å². The normalized spacial score (nSPS) is 10.5. The van der Waals surface area contributed by atoms with E-state index in [4.69, 9.17) is 16.3 Å². The van der Waals surface area contributed by atoms with Crippen molar-refractivity contribution in [3.63, 3.8) is 0 Å². The monoisotopic (exact) mass is 412 g/mol. The number of hydrogen-bond acceptors (Lipinski definition) is 4. The molecule has 0 radical (unpaired) electrons. The minimum absolute atomic E-state index is 0.230. The summed E-state index contributed by atoms with van der Waals surface area (Å²) < 4.78 is 6.96. The molecule has 1 heterocycles. The predicted molar refractivity (Wildman–Crippen MR) is 113 cm³/mol. The number of hydrogen-bond donors (Lipinski definition) is 2. The second-order valence-electron chi connectivity index (χ2n) is 6.49. The number of rotatable bonds is 5. The summed E-state index contributed by atoms with van der Waals surface area (Å²) in [5.41, 5.74) is 3.90. The van der Waals surface area contributed by atoms with Gasteiger partial charge in [0.15, 0.2) is 0 Å². The van der Waals surface area contributed by atoms with Crippen LogP contribution in [0.2, 0.25) is 5.02 Å². The van der Waals surface area contributed by atoms with Crippen molar-refractivity contribution in [2.24, 2.45) is 0 Å². The Morgan fingerprint density at radius 3 is 2.31 bits per heavy atom. The summed E-state index contributed by atoms with van der Waals surface area (Å²) in [7, 11) is 1.51. The van der Waals surface area contributed by atoms with Crippen LogP contribution in [-0.2, 0) is 4.79 Å². The zero-order valence-corrected chi connectivity index (χ0v) is 17.3. The topological polar surface area (TPSA) is 85.2 Å².